The van der Waals surface area contributed by atoms with Crippen molar-refractivity contribution in [3.63, 3.8) is 0 Å². The Morgan fingerprint density at radius 3 is 1.88 bits per heavy atom. The summed E-state index contributed by atoms with van der Waals surface area (Å²) in [5.74, 6) is 0. The van der Waals surface area contributed by atoms with Gasteiger partial charge in [0.05, 0.1) is 12.6 Å². The van der Waals surface area contributed by atoms with Crippen LogP contribution in [0.1, 0.15) is 25.7 Å². The summed E-state index contributed by atoms with van der Waals surface area (Å²) in [6, 6.07) is 11.8. The number of β-amino-alcohol motifs (C(OH)–C–C–N with tert-alkyl or cyclic N) is 1. The molecule has 0 spiro atoms. The minimum atomic E-state index is -0.404. The van der Waals surface area contributed by atoms with Crippen molar-refractivity contribution in [1.82, 2.24) is 9.47 Å². The van der Waals surface area contributed by atoms with Gasteiger partial charge in [0, 0.05) is 38.4 Å². The minimum Gasteiger partial charge on any atom is -0.390 e. The van der Waals surface area contributed by atoms with E-state index in [1.165, 1.54) is 25.7 Å². The standard InChI is InChI=1S/C21H24Cl2N2O/c22-15-5-7-20-18(11-15)19-12-16(23)6-8-21(19)25(20)14-17(26)13-24-9-3-1-2-4-10-24/h5-8,11-12,17,26H,1-4,9-10,13-14H2/t17-/m0/s1. The van der Waals surface area contributed by atoms with Gasteiger partial charge in [-0.05, 0) is 62.3 Å². The van der Waals surface area contributed by atoms with E-state index in [0.29, 0.717) is 16.6 Å². The molecular formula is C21H24Cl2N2O. The van der Waals surface area contributed by atoms with Gasteiger partial charge in [-0.15, -0.1) is 0 Å². The number of aliphatic hydroxyl groups excluding tert-OH is 1. The number of hydrogen-bond acceptors (Lipinski definition) is 2. The summed E-state index contributed by atoms with van der Waals surface area (Å²) >= 11 is 12.4. The molecule has 1 fully saturated rings. The maximum Gasteiger partial charge on any atom is 0.0845 e. The summed E-state index contributed by atoms with van der Waals surface area (Å²) in [5.41, 5.74) is 2.17. The van der Waals surface area contributed by atoms with Crippen LogP contribution in [-0.4, -0.2) is 40.3 Å². The van der Waals surface area contributed by atoms with E-state index in [1.807, 2.05) is 36.4 Å². The maximum absolute atomic E-state index is 10.8. The Balaban J connectivity index is 1.66. The minimum absolute atomic E-state index is 0.404. The van der Waals surface area contributed by atoms with Gasteiger partial charge in [0.2, 0.25) is 0 Å². The Bertz CT molecular complexity index is 854. The number of aromatic nitrogens is 1. The fourth-order valence-electron chi connectivity index (χ4n) is 4.13. The van der Waals surface area contributed by atoms with Crippen molar-refractivity contribution in [2.45, 2.75) is 38.3 Å². The fraction of sp³-hybridized carbons (Fsp3) is 0.429. The van der Waals surface area contributed by atoms with E-state index in [-0.39, 0.29) is 0 Å². The first-order valence-electron chi connectivity index (χ1n) is 9.39. The Morgan fingerprint density at radius 1 is 0.808 bits per heavy atom. The predicted molar refractivity (Wildman–Crippen MR) is 110 cm³/mol. The van der Waals surface area contributed by atoms with Gasteiger partial charge < -0.3 is 14.6 Å². The molecule has 3 aromatic rings. The number of hydrogen-bond donors (Lipinski definition) is 1. The molecule has 138 valence electrons. The Hall–Kier alpha value is -1.26. The summed E-state index contributed by atoms with van der Waals surface area (Å²) in [6.07, 6.45) is 4.68. The van der Waals surface area contributed by atoms with Crippen LogP contribution in [0.25, 0.3) is 21.8 Å². The first-order chi connectivity index (χ1) is 12.6. The average Bonchev–Trinajstić information content (AvgIpc) is 2.77. The van der Waals surface area contributed by atoms with Gasteiger partial charge >= 0.3 is 0 Å². The molecule has 0 unspecified atom stereocenters. The summed E-state index contributed by atoms with van der Waals surface area (Å²) in [7, 11) is 0. The molecule has 1 atom stereocenters. The molecule has 2 aromatic carbocycles. The monoisotopic (exact) mass is 390 g/mol. The van der Waals surface area contributed by atoms with Crippen LogP contribution in [0.5, 0.6) is 0 Å². The quantitative estimate of drug-likeness (QED) is 0.651. The normalized spacial score (nSPS) is 17.7. The molecule has 0 radical (unpaired) electrons. The highest BCUT2D eigenvalue weighted by Gasteiger charge is 2.17. The molecule has 26 heavy (non-hydrogen) atoms. The van der Waals surface area contributed by atoms with Gasteiger partial charge in [-0.1, -0.05) is 36.0 Å². The van der Waals surface area contributed by atoms with Crippen molar-refractivity contribution in [2.75, 3.05) is 19.6 Å². The van der Waals surface area contributed by atoms with Crippen LogP contribution in [0.4, 0.5) is 0 Å². The third kappa shape index (κ3) is 3.72. The van der Waals surface area contributed by atoms with Crippen molar-refractivity contribution in [3.05, 3.63) is 46.4 Å². The molecule has 1 aliphatic heterocycles. The molecule has 1 saturated heterocycles. The Kier molecular flexibility index (Phi) is 5.42. The van der Waals surface area contributed by atoms with Crippen molar-refractivity contribution >= 4 is 45.0 Å². The second-order valence-electron chi connectivity index (χ2n) is 7.30. The second-order valence-corrected chi connectivity index (χ2v) is 8.18. The molecule has 1 N–H and O–H groups in total. The average molecular weight is 391 g/mol. The van der Waals surface area contributed by atoms with Crippen LogP contribution in [0, 0.1) is 0 Å². The van der Waals surface area contributed by atoms with E-state index < -0.39 is 6.10 Å². The smallest absolute Gasteiger partial charge is 0.0845 e. The highest BCUT2D eigenvalue weighted by molar-refractivity contribution is 6.33. The maximum atomic E-state index is 10.8. The predicted octanol–water partition coefficient (Wildman–Crippen LogP) is 5.34. The topological polar surface area (TPSA) is 28.4 Å². The molecule has 0 aliphatic carbocycles. The molecule has 5 heteroatoms. The molecule has 1 aromatic heterocycles. The summed E-state index contributed by atoms with van der Waals surface area (Å²) in [6.45, 7) is 3.48. The number of nitrogens with zero attached hydrogens (tertiary/aromatic N) is 2. The lowest BCUT2D eigenvalue weighted by Gasteiger charge is -2.24. The molecule has 4 rings (SSSR count). The van der Waals surface area contributed by atoms with Crippen LogP contribution in [0.2, 0.25) is 10.0 Å². The molecule has 0 saturated carbocycles. The lowest BCUT2D eigenvalue weighted by molar-refractivity contribution is 0.102. The van der Waals surface area contributed by atoms with E-state index in [4.69, 9.17) is 23.2 Å². The number of aliphatic hydroxyl groups is 1. The SMILES string of the molecule is O[C@@H](CN1CCCCCC1)Cn1c2ccc(Cl)cc2c2cc(Cl)ccc21. The van der Waals surface area contributed by atoms with E-state index >= 15 is 0 Å². The van der Waals surface area contributed by atoms with Gasteiger partial charge in [-0.2, -0.15) is 0 Å². The fourth-order valence-corrected chi connectivity index (χ4v) is 4.47. The molecule has 0 bridgehead atoms. The Labute approximate surface area is 164 Å². The molecule has 1 aliphatic rings. The van der Waals surface area contributed by atoms with Crippen molar-refractivity contribution in [2.24, 2.45) is 0 Å². The first kappa shape index (κ1) is 18.1. The van der Waals surface area contributed by atoms with Crippen LogP contribution < -0.4 is 0 Å². The number of halogens is 2. The summed E-state index contributed by atoms with van der Waals surface area (Å²) in [5, 5.41) is 14.4. The zero-order valence-corrected chi connectivity index (χ0v) is 16.3. The van der Waals surface area contributed by atoms with Gasteiger partial charge in [0.1, 0.15) is 0 Å². The molecular weight excluding hydrogens is 367 g/mol. The zero-order valence-electron chi connectivity index (χ0n) is 14.8. The third-order valence-electron chi connectivity index (χ3n) is 5.35. The zero-order chi connectivity index (χ0) is 18.1. The number of fused-ring (bicyclic) bond motifs is 3. The van der Waals surface area contributed by atoms with E-state index in [1.54, 1.807) is 0 Å². The number of likely N-dealkylation sites (tertiary alicyclic amines) is 1. The van der Waals surface area contributed by atoms with Gasteiger partial charge in [-0.3, -0.25) is 0 Å². The van der Waals surface area contributed by atoms with Crippen LogP contribution >= 0.6 is 23.2 Å². The number of rotatable bonds is 4. The number of benzene rings is 2. The van der Waals surface area contributed by atoms with E-state index in [0.717, 1.165) is 41.4 Å². The largest absolute Gasteiger partial charge is 0.390 e. The lowest BCUT2D eigenvalue weighted by Crippen LogP contribution is -2.35. The summed E-state index contributed by atoms with van der Waals surface area (Å²) in [4.78, 5) is 2.40. The highest BCUT2D eigenvalue weighted by atomic mass is 35.5. The highest BCUT2D eigenvalue weighted by Crippen LogP contribution is 2.33. The van der Waals surface area contributed by atoms with Gasteiger partial charge in [-0.25, -0.2) is 0 Å². The van der Waals surface area contributed by atoms with Crippen LogP contribution in [0.15, 0.2) is 36.4 Å². The third-order valence-corrected chi connectivity index (χ3v) is 5.82. The van der Waals surface area contributed by atoms with Gasteiger partial charge in [0.15, 0.2) is 0 Å². The van der Waals surface area contributed by atoms with Crippen LogP contribution in [-0.2, 0) is 6.54 Å². The van der Waals surface area contributed by atoms with E-state index in [2.05, 4.69) is 9.47 Å². The Morgan fingerprint density at radius 2 is 1.35 bits per heavy atom. The molecule has 3 nitrogen and oxygen atoms in total. The lowest BCUT2D eigenvalue weighted by atomic mass is 10.1. The summed E-state index contributed by atoms with van der Waals surface area (Å²) < 4.78 is 2.19. The first-order valence-corrected chi connectivity index (χ1v) is 10.1. The van der Waals surface area contributed by atoms with Crippen molar-refractivity contribution in [3.8, 4) is 0 Å². The van der Waals surface area contributed by atoms with E-state index in [9.17, 15) is 5.11 Å². The van der Waals surface area contributed by atoms with Gasteiger partial charge in [0.25, 0.3) is 0 Å². The second kappa shape index (κ2) is 7.77. The van der Waals surface area contributed by atoms with Crippen LogP contribution in [0.3, 0.4) is 0 Å². The molecule has 0 amide bonds. The molecule has 2 heterocycles. The van der Waals surface area contributed by atoms with Crippen molar-refractivity contribution in [1.29, 1.82) is 0 Å². The van der Waals surface area contributed by atoms with Crippen molar-refractivity contribution < 1.29 is 5.11 Å².